The number of fused-ring (bicyclic) bond motifs is 1. The van der Waals surface area contributed by atoms with Crippen molar-refractivity contribution in [1.29, 1.82) is 0 Å². The number of hydrogen-bond donors (Lipinski definition) is 1. The van der Waals surface area contributed by atoms with Gasteiger partial charge in [0, 0.05) is 11.2 Å². The fraction of sp³-hybridized carbons (Fsp3) is 0.278. The molecule has 1 N–H and O–H groups in total. The molecular weight excluding hydrogens is 324 g/mol. The highest BCUT2D eigenvalue weighted by atomic mass is 35.5. The van der Waals surface area contributed by atoms with E-state index in [9.17, 15) is 4.79 Å². The molecule has 0 aliphatic heterocycles. The molecule has 6 heteroatoms. The average molecular weight is 341 g/mol. The molecule has 0 bridgehead atoms. The summed E-state index contributed by atoms with van der Waals surface area (Å²) in [6.07, 6.45) is 4.64. The van der Waals surface area contributed by atoms with Crippen LogP contribution < -0.4 is 5.32 Å². The summed E-state index contributed by atoms with van der Waals surface area (Å²) in [5.41, 5.74) is 1.30. The van der Waals surface area contributed by atoms with Crippen LogP contribution in [0.15, 0.2) is 48.7 Å². The number of nitrogens with zero attached hydrogens (tertiary/aromatic N) is 3. The van der Waals surface area contributed by atoms with Crippen molar-refractivity contribution in [3.8, 4) is 0 Å². The number of pyridine rings is 1. The molecule has 2 aromatic heterocycles. The van der Waals surface area contributed by atoms with Gasteiger partial charge in [-0.15, -0.1) is 10.2 Å². The molecule has 0 unspecified atom stereocenters. The van der Waals surface area contributed by atoms with E-state index in [1.807, 2.05) is 53.1 Å². The summed E-state index contributed by atoms with van der Waals surface area (Å²) in [6, 6.07) is 13.3. The van der Waals surface area contributed by atoms with E-state index in [1.54, 1.807) is 0 Å². The van der Waals surface area contributed by atoms with Gasteiger partial charge < -0.3 is 5.32 Å². The molecule has 1 amide bonds. The lowest BCUT2D eigenvalue weighted by atomic mass is 9.64. The monoisotopic (exact) mass is 340 g/mol. The number of halogens is 1. The van der Waals surface area contributed by atoms with Crippen molar-refractivity contribution >= 4 is 23.2 Å². The predicted octanol–water partition coefficient (Wildman–Crippen LogP) is 3.12. The van der Waals surface area contributed by atoms with Gasteiger partial charge in [-0.3, -0.25) is 9.20 Å². The first-order valence-corrected chi connectivity index (χ1v) is 8.40. The lowest BCUT2D eigenvalue weighted by molar-refractivity contribution is -0.130. The zero-order valence-corrected chi connectivity index (χ0v) is 13.8. The van der Waals surface area contributed by atoms with Crippen LogP contribution in [-0.4, -0.2) is 20.5 Å². The molecule has 3 aromatic rings. The first kappa shape index (κ1) is 15.1. The minimum atomic E-state index is -0.467. The van der Waals surface area contributed by atoms with Crippen molar-refractivity contribution in [1.82, 2.24) is 19.9 Å². The van der Waals surface area contributed by atoms with E-state index >= 15 is 0 Å². The normalized spacial score (nSPS) is 15.9. The van der Waals surface area contributed by atoms with Crippen molar-refractivity contribution in [2.24, 2.45) is 0 Å². The summed E-state index contributed by atoms with van der Waals surface area (Å²) in [7, 11) is 0. The number of rotatable bonds is 4. The number of hydrogen-bond acceptors (Lipinski definition) is 3. The number of aromatic nitrogens is 3. The Morgan fingerprint density at radius 2 is 2.08 bits per heavy atom. The van der Waals surface area contributed by atoms with Gasteiger partial charge in [0.1, 0.15) is 0 Å². The molecule has 0 radical (unpaired) electrons. The van der Waals surface area contributed by atoms with Crippen LogP contribution in [0.2, 0.25) is 5.02 Å². The van der Waals surface area contributed by atoms with Gasteiger partial charge in [-0.05, 0) is 42.7 Å². The van der Waals surface area contributed by atoms with Crippen LogP contribution in [0, 0.1) is 0 Å². The molecule has 24 heavy (non-hydrogen) atoms. The summed E-state index contributed by atoms with van der Waals surface area (Å²) in [5.74, 6) is 0.753. The van der Waals surface area contributed by atoms with Crippen molar-refractivity contribution < 1.29 is 4.79 Å². The Labute approximate surface area is 144 Å². The van der Waals surface area contributed by atoms with Crippen LogP contribution in [0.4, 0.5) is 0 Å². The van der Waals surface area contributed by atoms with E-state index in [2.05, 4.69) is 15.5 Å². The van der Waals surface area contributed by atoms with Crippen molar-refractivity contribution in [3.63, 3.8) is 0 Å². The highest BCUT2D eigenvalue weighted by Crippen LogP contribution is 2.44. The maximum absolute atomic E-state index is 12.9. The number of nitrogens with one attached hydrogen (secondary N) is 1. The number of amides is 1. The van der Waals surface area contributed by atoms with E-state index in [0.717, 1.165) is 36.3 Å². The van der Waals surface area contributed by atoms with Gasteiger partial charge in [0.05, 0.1) is 12.0 Å². The third kappa shape index (κ3) is 2.45. The smallest absolute Gasteiger partial charge is 0.231 e. The quantitative estimate of drug-likeness (QED) is 0.793. The Morgan fingerprint density at radius 1 is 1.21 bits per heavy atom. The minimum absolute atomic E-state index is 0.0312. The molecule has 1 aliphatic carbocycles. The molecule has 122 valence electrons. The molecule has 2 heterocycles. The topological polar surface area (TPSA) is 59.3 Å². The highest BCUT2D eigenvalue weighted by Gasteiger charge is 2.45. The zero-order chi connectivity index (χ0) is 16.6. The Kier molecular flexibility index (Phi) is 3.73. The van der Waals surface area contributed by atoms with Crippen LogP contribution in [0.5, 0.6) is 0 Å². The molecule has 0 spiro atoms. The third-order valence-corrected chi connectivity index (χ3v) is 5.05. The van der Waals surface area contributed by atoms with Gasteiger partial charge in [0.15, 0.2) is 11.5 Å². The zero-order valence-electron chi connectivity index (χ0n) is 13.1. The maximum Gasteiger partial charge on any atom is 0.231 e. The molecule has 5 nitrogen and oxygen atoms in total. The van der Waals surface area contributed by atoms with Gasteiger partial charge in [0.25, 0.3) is 0 Å². The van der Waals surface area contributed by atoms with E-state index in [0.29, 0.717) is 11.6 Å². The predicted molar refractivity (Wildman–Crippen MR) is 91.8 cm³/mol. The van der Waals surface area contributed by atoms with E-state index in [-0.39, 0.29) is 5.91 Å². The number of benzene rings is 1. The Balaban J connectivity index is 1.55. The van der Waals surface area contributed by atoms with E-state index in [4.69, 9.17) is 11.6 Å². The molecule has 0 atom stereocenters. The number of carbonyl (C=O) groups is 1. The number of carbonyl (C=O) groups excluding carboxylic acids is 1. The molecule has 1 fully saturated rings. The highest BCUT2D eigenvalue weighted by molar-refractivity contribution is 6.30. The fourth-order valence-corrected chi connectivity index (χ4v) is 3.49. The van der Waals surface area contributed by atoms with Crippen LogP contribution >= 0.6 is 11.6 Å². The van der Waals surface area contributed by atoms with Crippen molar-refractivity contribution in [3.05, 3.63) is 65.1 Å². The van der Waals surface area contributed by atoms with Gasteiger partial charge in [-0.2, -0.15) is 0 Å². The SMILES string of the molecule is O=C(NCc1nnc2ccccn12)C1(c2cccc(Cl)c2)CCC1. The Hall–Kier alpha value is -2.40. The van der Waals surface area contributed by atoms with Gasteiger partial charge >= 0.3 is 0 Å². The van der Waals surface area contributed by atoms with Gasteiger partial charge in [-0.1, -0.05) is 36.2 Å². The first-order valence-electron chi connectivity index (χ1n) is 8.02. The summed E-state index contributed by atoms with van der Waals surface area (Å²) in [5, 5.41) is 12.0. The minimum Gasteiger partial charge on any atom is -0.348 e. The second-order valence-electron chi connectivity index (χ2n) is 6.17. The van der Waals surface area contributed by atoms with Gasteiger partial charge in [-0.25, -0.2) is 0 Å². The molecule has 1 aromatic carbocycles. The summed E-state index contributed by atoms with van der Waals surface area (Å²) >= 11 is 6.11. The first-order chi connectivity index (χ1) is 11.7. The third-order valence-electron chi connectivity index (χ3n) is 4.81. The Bertz CT molecular complexity index is 901. The average Bonchev–Trinajstić information content (AvgIpc) is 2.95. The molecule has 0 saturated heterocycles. The van der Waals surface area contributed by atoms with Gasteiger partial charge in [0.2, 0.25) is 5.91 Å². The summed E-state index contributed by atoms with van der Waals surface area (Å²) < 4.78 is 1.88. The van der Waals surface area contributed by atoms with Crippen LogP contribution in [0.1, 0.15) is 30.7 Å². The second-order valence-corrected chi connectivity index (χ2v) is 6.61. The standard InChI is InChI=1S/C18H17ClN4O/c19-14-6-3-5-13(11-14)18(8-4-9-18)17(24)20-12-16-22-21-15-7-1-2-10-23(15)16/h1-3,5-7,10-11H,4,8-9,12H2,(H,20,24). The lowest BCUT2D eigenvalue weighted by Gasteiger charge is -2.40. The molecule has 1 aliphatic rings. The molecule has 1 saturated carbocycles. The Morgan fingerprint density at radius 3 is 2.83 bits per heavy atom. The lowest BCUT2D eigenvalue weighted by Crippen LogP contribution is -2.49. The maximum atomic E-state index is 12.9. The second kappa shape index (κ2) is 5.91. The molecular formula is C18H17ClN4O. The van der Waals surface area contributed by atoms with E-state index in [1.165, 1.54) is 0 Å². The molecule has 4 rings (SSSR count). The summed E-state index contributed by atoms with van der Waals surface area (Å²) in [6.45, 7) is 0.354. The fourth-order valence-electron chi connectivity index (χ4n) is 3.30. The van der Waals surface area contributed by atoms with Crippen molar-refractivity contribution in [2.45, 2.75) is 31.2 Å². The van der Waals surface area contributed by atoms with Crippen LogP contribution in [-0.2, 0) is 16.8 Å². The van der Waals surface area contributed by atoms with Crippen LogP contribution in [0.3, 0.4) is 0 Å². The summed E-state index contributed by atoms with van der Waals surface area (Å²) in [4.78, 5) is 12.9. The largest absolute Gasteiger partial charge is 0.348 e. The van der Waals surface area contributed by atoms with Crippen molar-refractivity contribution in [2.75, 3.05) is 0 Å². The van der Waals surface area contributed by atoms with Crippen LogP contribution in [0.25, 0.3) is 5.65 Å². The van der Waals surface area contributed by atoms with E-state index < -0.39 is 5.41 Å².